The van der Waals surface area contributed by atoms with E-state index in [0.717, 1.165) is 0 Å². The van der Waals surface area contributed by atoms with Crippen LogP contribution in [0.15, 0.2) is 0 Å². The third kappa shape index (κ3) is 17.2. The summed E-state index contributed by atoms with van der Waals surface area (Å²) in [4.78, 5) is 21.6. The summed E-state index contributed by atoms with van der Waals surface area (Å²) in [5.41, 5.74) is 0. The molecule has 0 saturated carbocycles. The summed E-state index contributed by atoms with van der Waals surface area (Å²) in [5.74, 6) is -0.228. The molecule has 0 aliphatic carbocycles. The van der Waals surface area contributed by atoms with Crippen LogP contribution < -0.4 is 5.32 Å². The largest absolute Gasteiger partial charge is 0.463 e. The van der Waals surface area contributed by atoms with Crippen LogP contribution >= 0.6 is 0 Å². The van der Waals surface area contributed by atoms with Crippen molar-refractivity contribution in [3.8, 4) is 0 Å². The molecule has 0 radical (unpaired) electrons. The van der Waals surface area contributed by atoms with Crippen LogP contribution in [-0.4, -0.2) is 84.7 Å². The summed E-state index contributed by atoms with van der Waals surface area (Å²) >= 11 is 0. The number of nitrogens with one attached hydrogen (secondary N) is 1. The number of rotatable bonds is 16. The molecule has 0 spiro atoms. The highest BCUT2D eigenvalue weighted by atomic mass is 16.6. The quantitative estimate of drug-likeness (QED) is 0.316. The Morgan fingerprint density at radius 1 is 0.840 bits per heavy atom. The number of hydrogen-bond donors (Lipinski definition) is 1. The Balaban J connectivity index is 3.24. The number of hydrogen-bond acceptors (Lipinski definition) is 8. The summed E-state index contributed by atoms with van der Waals surface area (Å²) in [7, 11) is 1.50. The van der Waals surface area contributed by atoms with Crippen molar-refractivity contribution < 1.29 is 38.0 Å². The lowest BCUT2D eigenvalue weighted by molar-refractivity contribution is -0.145. The molecule has 9 nitrogen and oxygen atoms in total. The van der Waals surface area contributed by atoms with Gasteiger partial charge in [0.1, 0.15) is 13.2 Å². The molecule has 9 heteroatoms. The van der Waals surface area contributed by atoms with Gasteiger partial charge < -0.3 is 33.7 Å². The number of esters is 1. The normalized spacial score (nSPS) is 11.8. The Morgan fingerprint density at radius 2 is 1.40 bits per heavy atom. The minimum Gasteiger partial charge on any atom is -0.463 e. The van der Waals surface area contributed by atoms with Gasteiger partial charge in [0.05, 0.1) is 52.4 Å². The number of ether oxygens (including phenoxy) is 6. The van der Waals surface area contributed by atoms with Crippen LogP contribution in [-0.2, 0) is 33.2 Å². The van der Waals surface area contributed by atoms with Gasteiger partial charge in [-0.15, -0.1) is 0 Å². The maximum Gasteiger partial charge on any atom is 0.406 e. The second-order valence-corrected chi connectivity index (χ2v) is 4.94. The van der Waals surface area contributed by atoms with Gasteiger partial charge in [0.2, 0.25) is 0 Å². The fourth-order valence-corrected chi connectivity index (χ4v) is 1.51. The van der Waals surface area contributed by atoms with Crippen molar-refractivity contribution in [2.45, 2.75) is 26.4 Å². The van der Waals surface area contributed by atoms with E-state index in [0.29, 0.717) is 52.7 Å². The van der Waals surface area contributed by atoms with Gasteiger partial charge in [-0.05, 0) is 6.92 Å². The summed E-state index contributed by atoms with van der Waals surface area (Å²) in [5, 5.41) is 2.34. The molecule has 148 valence electrons. The predicted molar refractivity (Wildman–Crippen MR) is 89.5 cm³/mol. The Bertz CT molecular complexity index is 340. The Morgan fingerprint density at radius 3 is 2.04 bits per heavy atom. The number of carbonyl (C=O) groups excluding carboxylic acids is 2. The van der Waals surface area contributed by atoms with Crippen LogP contribution in [0.5, 0.6) is 0 Å². The maximum absolute atomic E-state index is 10.9. The monoisotopic (exact) mass is 365 g/mol. The lowest BCUT2D eigenvalue weighted by Gasteiger charge is -2.14. The summed E-state index contributed by atoms with van der Waals surface area (Å²) in [6.45, 7) is 6.99. The van der Waals surface area contributed by atoms with Crippen LogP contribution in [0.4, 0.5) is 4.79 Å². The third-order valence-electron chi connectivity index (χ3n) is 2.80. The smallest absolute Gasteiger partial charge is 0.406 e. The summed E-state index contributed by atoms with van der Waals surface area (Å²) in [6, 6.07) is 0. The average Bonchev–Trinajstić information content (AvgIpc) is 2.62. The van der Waals surface area contributed by atoms with Gasteiger partial charge in [-0.3, -0.25) is 4.79 Å². The molecule has 25 heavy (non-hydrogen) atoms. The van der Waals surface area contributed by atoms with E-state index in [4.69, 9.17) is 28.4 Å². The highest BCUT2D eigenvalue weighted by Crippen LogP contribution is 1.93. The molecule has 0 bridgehead atoms. The molecule has 1 unspecified atom stereocenters. The highest BCUT2D eigenvalue weighted by Gasteiger charge is 2.03. The van der Waals surface area contributed by atoms with E-state index >= 15 is 0 Å². The first-order chi connectivity index (χ1) is 12.1. The Kier molecular flexibility index (Phi) is 16.4. The zero-order chi connectivity index (χ0) is 18.8. The van der Waals surface area contributed by atoms with Crippen molar-refractivity contribution in [3.05, 3.63) is 0 Å². The van der Waals surface area contributed by atoms with Crippen molar-refractivity contribution in [3.63, 3.8) is 0 Å². The third-order valence-corrected chi connectivity index (χ3v) is 2.80. The Labute approximate surface area is 149 Å². The number of carbonyl (C=O) groups is 2. The average molecular weight is 365 g/mol. The van der Waals surface area contributed by atoms with E-state index < -0.39 is 6.09 Å². The zero-order valence-electron chi connectivity index (χ0n) is 15.4. The fraction of sp³-hybridized carbons (Fsp3) is 0.875. The molecule has 0 rings (SSSR count). The van der Waals surface area contributed by atoms with Crippen molar-refractivity contribution in [2.24, 2.45) is 0 Å². The van der Waals surface area contributed by atoms with Crippen LogP contribution in [0.2, 0.25) is 0 Å². The van der Waals surface area contributed by atoms with Gasteiger partial charge >= 0.3 is 12.1 Å². The topological polar surface area (TPSA) is 102 Å². The number of alkyl carbamates (subject to hydrolysis) is 1. The van der Waals surface area contributed by atoms with Crippen molar-refractivity contribution in [1.29, 1.82) is 0 Å². The minimum atomic E-state index is -0.475. The van der Waals surface area contributed by atoms with Crippen LogP contribution in [0.3, 0.4) is 0 Å². The molecule has 0 heterocycles. The SMILES string of the molecule is CCC(=O)OCCOCCOC(C)COCCOCCOC(=O)NC. The van der Waals surface area contributed by atoms with Gasteiger partial charge in [-0.1, -0.05) is 6.92 Å². The first-order valence-electron chi connectivity index (χ1n) is 8.45. The van der Waals surface area contributed by atoms with Crippen molar-refractivity contribution in [1.82, 2.24) is 5.32 Å². The Hall–Kier alpha value is -1.42. The van der Waals surface area contributed by atoms with E-state index in [-0.39, 0.29) is 25.3 Å². The molecule has 1 N–H and O–H groups in total. The molecule has 0 aromatic rings. The standard InChI is InChI=1S/C16H31NO8/c1-4-15(18)24-11-8-21-7-10-23-14(2)13-22-6-5-20-9-12-25-16(19)17-3/h14H,4-13H2,1-3H3,(H,17,19). The van der Waals surface area contributed by atoms with Gasteiger partial charge in [-0.2, -0.15) is 0 Å². The number of amides is 1. The summed E-state index contributed by atoms with van der Waals surface area (Å²) in [6.07, 6.45) is -0.162. The molecule has 1 amide bonds. The van der Waals surface area contributed by atoms with Crippen LogP contribution in [0.1, 0.15) is 20.3 Å². The molecule has 1 atom stereocenters. The maximum atomic E-state index is 10.9. The highest BCUT2D eigenvalue weighted by molar-refractivity contribution is 5.68. The van der Waals surface area contributed by atoms with Crippen LogP contribution in [0, 0.1) is 0 Å². The lowest BCUT2D eigenvalue weighted by atomic mass is 10.4. The van der Waals surface area contributed by atoms with Crippen molar-refractivity contribution in [2.75, 3.05) is 66.5 Å². The molecule has 0 aromatic heterocycles. The molecule has 0 aliphatic rings. The zero-order valence-corrected chi connectivity index (χ0v) is 15.4. The molecule has 0 aromatic carbocycles. The van der Waals surface area contributed by atoms with Gasteiger partial charge in [0.15, 0.2) is 0 Å². The van der Waals surface area contributed by atoms with E-state index in [1.807, 2.05) is 6.92 Å². The molecule has 0 aliphatic heterocycles. The molecular weight excluding hydrogens is 334 g/mol. The van der Waals surface area contributed by atoms with Gasteiger partial charge in [-0.25, -0.2) is 4.79 Å². The predicted octanol–water partition coefficient (Wildman–Crippen LogP) is 0.751. The van der Waals surface area contributed by atoms with E-state index in [9.17, 15) is 9.59 Å². The van der Waals surface area contributed by atoms with Crippen molar-refractivity contribution >= 4 is 12.1 Å². The second-order valence-electron chi connectivity index (χ2n) is 4.94. The fourth-order valence-electron chi connectivity index (χ4n) is 1.51. The second kappa shape index (κ2) is 17.4. The first kappa shape index (κ1) is 23.6. The van der Waals surface area contributed by atoms with Crippen LogP contribution in [0.25, 0.3) is 0 Å². The van der Waals surface area contributed by atoms with E-state index in [2.05, 4.69) is 5.32 Å². The summed E-state index contributed by atoms with van der Waals surface area (Å²) < 4.78 is 31.1. The first-order valence-corrected chi connectivity index (χ1v) is 8.45. The molecule has 0 saturated heterocycles. The lowest BCUT2D eigenvalue weighted by Crippen LogP contribution is -2.22. The van der Waals surface area contributed by atoms with E-state index in [1.54, 1.807) is 6.92 Å². The van der Waals surface area contributed by atoms with Gasteiger partial charge in [0, 0.05) is 13.5 Å². The minimum absolute atomic E-state index is 0.0573. The molecular formula is C16H31NO8. The van der Waals surface area contributed by atoms with E-state index in [1.165, 1.54) is 7.05 Å². The molecule has 0 fully saturated rings. The van der Waals surface area contributed by atoms with Gasteiger partial charge in [0.25, 0.3) is 0 Å².